The number of Topliss-reactive ketones (excluding diaryl/α,β-unsaturated/α-hetero) is 1. The van der Waals surface area contributed by atoms with Crippen LogP contribution in [0, 0.1) is 6.92 Å². The molecule has 40 heavy (non-hydrogen) atoms. The third-order valence-corrected chi connectivity index (χ3v) is 7.57. The molecule has 1 saturated heterocycles. The van der Waals surface area contributed by atoms with Gasteiger partial charge >= 0.3 is 0 Å². The van der Waals surface area contributed by atoms with Crippen molar-refractivity contribution in [3.63, 3.8) is 0 Å². The second kappa shape index (κ2) is 11.4. The molecule has 7 nitrogen and oxygen atoms in total. The van der Waals surface area contributed by atoms with Crippen LogP contribution in [0.25, 0.3) is 33.4 Å². The first-order valence-corrected chi connectivity index (χ1v) is 14.0. The molecule has 0 radical (unpaired) electrons. The Kier molecular flexibility index (Phi) is 7.74. The van der Waals surface area contributed by atoms with Crippen molar-refractivity contribution in [1.29, 1.82) is 0 Å². The molecule has 0 bridgehead atoms. The van der Waals surface area contributed by atoms with Crippen LogP contribution in [0.1, 0.15) is 59.9 Å². The molecule has 2 amide bonds. The number of nitrogens with zero attached hydrogens (tertiary/aromatic N) is 1. The van der Waals surface area contributed by atoms with Crippen LogP contribution in [0.2, 0.25) is 0 Å². The molecule has 1 unspecified atom stereocenters. The molecule has 2 N–H and O–H groups in total. The molecule has 3 aromatic carbocycles. The molecule has 0 saturated carbocycles. The summed E-state index contributed by atoms with van der Waals surface area (Å²) in [6.45, 7) is 10.1. The van der Waals surface area contributed by atoms with Crippen LogP contribution >= 0.6 is 0 Å². The van der Waals surface area contributed by atoms with E-state index in [-0.39, 0.29) is 30.1 Å². The number of ketones is 1. The van der Waals surface area contributed by atoms with Gasteiger partial charge in [-0.2, -0.15) is 0 Å². The highest BCUT2D eigenvalue weighted by molar-refractivity contribution is 6.13. The van der Waals surface area contributed by atoms with Gasteiger partial charge in [-0.05, 0) is 44.5 Å². The Hall–Kier alpha value is -4.39. The first-order chi connectivity index (χ1) is 19.3. The summed E-state index contributed by atoms with van der Waals surface area (Å²) in [4.78, 5) is 40.2. The minimum absolute atomic E-state index is 0.0173. The summed E-state index contributed by atoms with van der Waals surface area (Å²) in [7, 11) is 0. The lowest BCUT2D eigenvalue weighted by Gasteiger charge is -2.24. The van der Waals surface area contributed by atoms with Gasteiger partial charge in [-0.25, -0.2) is 0 Å². The molecule has 5 rings (SSSR count). The van der Waals surface area contributed by atoms with Gasteiger partial charge in [0.1, 0.15) is 11.3 Å². The van der Waals surface area contributed by atoms with E-state index in [1.165, 1.54) is 0 Å². The zero-order valence-electron chi connectivity index (χ0n) is 23.5. The summed E-state index contributed by atoms with van der Waals surface area (Å²) >= 11 is 0. The fraction of sp³-hybridized carbons (Fsp3) is 0.303. The van der Waals surface area contributed by atoms with Crippen molar-refractivity contribution in [3.05, 3.63) is 77.4 Å². The molecule has 1 aliphatic rings. The molecule has 1 aromatic heterocycles. The Bertz CT molecular complexity index is 1580. The summed E-state index contributed by atoms with van der Waals surface area (Å²) < 4.78 is 6.42. The number of anilines is 1. The Balaban J connectivity index is 1.66. The molecule has 0 spiro atoms. The largest absolute Gasteiger partial charge is 0.455 e. The van der Waals surface area contributed by atoms with E-state index >= 15 is 0 Å². The summed E-state index contributed by atoms with van der Waals surface area (Å²) in [6.07, 6.45) is 0.640. The van der Waals surface area contributed by atoms with E-state index < -0.39 is 0 Å². The highest BCUT2D eigenvalue weighted by Gasteiger charge is 2.26. The lowest BCUT2D eigenvalue weighted by atomic mass is 9.95. The average molecular weight is 538 g/mol. The van der Waals surface area contributed by atoms with Gasteiger partial charge in [-0.1, -0.05) is 48.9 Å². The van der Waals surface area contributed by atoms with E-state index in [1.54, 1.807) is 6.07 Å². The van der Waals surface area contributed by atoms with Gasteiger partial charge in [0.2, 0.25) is 5.91 Å². The Morgan fingerprint density at radius 2 is 1.75 bits per heavy atom. The lowest BCUT2D eigenvalue weighted by molar-refractivity contribution is -0.119. The Morgan fingerprint density at radius 3 is 2.40 bits per heavy atom. The van der Waals surface area contributed by atoms with Crippen LogP contribution < -0.4 is 15.5 Å². The smallest absolute Gasteiger partial charge is 0.251 e. The fourth-order valence-corrected chi connectivity index (χ4v) is 5.36. The van der Waals surface area contributed by atoms with E-state index in [0.29, 0.717) is 35.4 Å². The summed E-state index contributed by atoms with van der Waals surface area (Å²) in [5.74, 6) is 0.320. The number of carbonyl (C=O) groups excluding carboxylic acids is 3. The zero-order valence-corrected chi connectivity index (χ0v) is 23.5. The third-order valence-electron chi connectivity index (χ3n) is 7.57. The first-order valence-electron chi connectivity index (χ1n) is 14.0. The van der Waals surface area contributed by atoms with Crippen LogP contribution in [0.15, 0.2) is 65.1 Å². The topological polar surface area (TPSA) is 91.7 Å². The molecule has 0 aliphatic carbocycles. The van der Waals surface area contributed by atoms with E-state index in [4.69, 9.17) is 4.42 Å². The number of nitrogens with one attached hydrogen (secondary N) is 2. The third kappa shape index (κ3) is 5.24. The van der Waals surface area contributed by atoms with Gasteiger partial charge in [-0.15, -0.1) is 0 Å². The van der Waals surface area contributed by atoms with Crippen LogP contribution in [-0.4, -0.2) is 43.3 Å². The summed E-state index contributed by atoms with van der Waals surface area (Å²) in [5.41, 5.74) is 6.51. The minimum Gasteiger partial charge on any atom is -0.455 e. The second-order valence-corrected chi connectivity index (χ2v) is 10.2. The Morgan fingerprint density at radius 1 is 1.00 bits per heavy atom. The van der Waals surface area contributed by atoms with Gasteiger partial charge < -0.3 is 20.0 Å². The van der Waals surface area contributed by atoms with Gasteiger partial charge in [0.05, 0.1) is 11.6 Å². The fourth-order valence-electron chi connectivity index (χ4n) is 5.36. The average Bonchev–Trinajstić information content (AvgIpc) is 3.55. The predicted molar refractivity (Wildman–Crippen MR) is 159 cm³/mol. The van der Waals surface area contributed by atoms with E-state index in [0.717, 1.165) is 46.4 Å². The molecule has 1 fully saturated rings. The maximum absolute atomic E-state index is 13.3. The van der Waals surface area contributed by atoms with E-state index in [9.17, 15) is 14.4 Å². The summed E-state index contributed by atoms with van der Waals surface area (Å²) in [5, 5.41) is 6.47. The molecular formula is C33H35N3O4. The van der Waals surface area contributed by atoms with E-state index in [2.05, 4.69) is 29.4 Å². The van der Waals surface area contributed by atoms with Crippen molar-refractivity contribution >= 4 is 34.3 Å². The number of carbonyl (C=O) groups is 3. The van der Waals surface area contributed by atoms with Crippen molar-refractivity contribution in [2.24, 2.45) is 0 Å². The molecule has 1 aliphatic heterocycles. The number of benzene rings is 3. The highest BCUT2D eigenvalue weighted by Crippen LogP contribution is 2.41. The lowest BCUT2D eigenvalue weighted by Crippen LogP contribution is -2.36. The normalized spacial score (nSPS) is 14.8. The van der Waals surface area contributed by atoms with Gasteiger partial charge in [0, 0.05) is 66.3 Å². The number of fused-ring (bicyclic) bond motifs is 1. The molecule has 206 valence electrons. The predicted octanol–water partition coefficient (Wildman–Crippen LogP) is 6.13. The number of hydrogen-bond donors (Lipinski definition) is 2. The van der Waals surface area contributed by atoms with Crippen LogP contribution in [0.3, 0.4) is 0 Å². The number of furan rings is 1. The molecule has 4 aromatic rings. The Labute approximate surface area is 234 Å². The number of aryl methyl sites for hydroxylation is 1. The van der Waals surface area contributed by atoms with Gasteiger partial charge in [0.15, 0.2) is 5.78 Å². The van der Waals surface area contributed by atoms with Crippen LogP contribution in [0.4, 0.5) is 5.69 Å². The van der Waals surface area contributed by atoms with Gasteiger partial charge in [0.25, 0.3) is 5.91 Å². The zero-order chi connectivity index (χ0) is 28.4. The molecular weight excluding hydrogens is 502 g/mol. The van der Waals surface area contributed by atoms with Crippen molar-refractivity contribution in [2.75, 3.05) is 24.5 Å². The first kappa shape index (κ1) is 27.2. The second-order valence-electron chi connectivity index (χ2n) is 10.2. The van der Waals surface area contributed by atoms with Crippen molar-refractivity contribution in [2.45, 2.75) is 46.6 Å². The molecule has 7 heteroatoms. The molecule has 1 atom stereocenters. The number of rotatable bonds is 9. The quantitative estimate of drug-likeness (QED) is 0.251. The van der Waals surface area contributed by atoms with Crippen LogP contribution in [-0.2, 0) is 4.79 Å². The van der Waals surface area contributed by atoms with Gasteiger partial charge in [-0.3, -0.25) is 14.4 Å². The van der Waals surface area contributed by atoms with Crippen molar-refractivity contribution < 1.29 is 18.8 Å². The molecule has 2 heterocycles. The van der Waals surface area contributed by atoms with Crippen LogP contribution in [0.5, 0.6) is 0 Å². The standard InChI is InChI=1S/C33H35N3O4/c1-5-28(37)31-26-17-25(22-9-8-10-23(15-22)33(39)35-24-16-30(38)34-19-24)27(36(6-2)7-3)18-29(26)40-32(31)21-13-11-20(4)12-14-21/h8-15,17-18,24H,5-7,16,19H2,1-4H3,(H,34,38)(H,35,39). The summed E-state index contributed by atoms with van der Waals surface area (Å²) in [6, 6.07) is 19.3. The highest BCUT2D eigenvalue weighted by atomic mass is 16.3. The minimum atomic E-state index is -0.222. The SMILES string of the molecule is CCC(=O)c1c(-c2ccc(C)cc2)oc2cc(N(CC)CC)c(-c3cccc(C(=O)NC4CNC(=O)C4)c3)cc12. The maximum atomic E-state index is 13.3. The van der Waals surface area contributed by atoms with Crippen molar-refractivity contribution in [1.82, 2.24) is 10.6 Å². The number of amides is 2. The van der Waals surface area contributed by atoms with Crippen molar-refractivity contribution in [3.8, 4) is 22.5 Å². The monoisotopic (exact) mass is 537 g/mol. The van der Waals surface area contributed by atoms with E-state index in [1.807, 2.05) is 68.4 Å². The number of hydrogen-bond acceptors (Lipinski definition) is 5. The maximum Gasteiger partial charge on any atom is 0.251 e.